The van der Waals surface area contributed by atoms with Crippen LogP contribution >= 0.6 is 0 Å². The Balaban J connectivity index is 1.49. The van der Waals surface area contributed by atoms with Crippen molar-refractivity contribution in [2.24, 2.45) is 0 Å². The first kappa shape index (κ1) is 18.2. The van der Waals surface area contributed by atoms with E-state index in [2.05, 4.69) is 52.9 Å². The van der Waals surface area contributed by atoms with Gasteiger partial charge in [0.1, 0.15) is 5.82 Å². The van der Waals surface area contributed by atoms with Crippen molar-refractivity contribution in [3.8, 4) is 0 Å². The molecule has 1 fully saturated rings. The first-order valence-electron chi connectivity index (χ1n) is 9.42. The number of amides is 1. The quantitative estimate of drug-likeness (QED) is 0.801. The third kappa shape index (κ3) is 4.54. The number of aromatic nitrogens is 1. The number of carbonyl (C=O) groups is 1. The van der Waals surface area contributed by atoms with E-state index in [1.54, 1.807) is 0 Å². The molecular weight excluding hydrogens is 324 g/mol. The van der Waals surface area contributed by atoms with Crippen LogP contribution in [0.15, 0.2) is 48.7 Å². The van der Waals surface area contributed by atoms with Gasteiger partial charge in [0.2, 0.25) is 5.91 Å². The van der Waals surface area contributed by atoms with Crippen LogP contribution in [-0.4, -0.2) is 55.1 Å². The number of hydrogen-bond donors (Lipinski definition) is 0. The van der Waals surface area contributed by atoms with Crippen LogP contribution < -0.4 is 9.80 Å². The van der Waals surface area contributed by atoms with Crippen LogP contribution in [0.4, 0.5) is 11.5 Å². The van der Waals surface area contributed by atoms with Gasteiger partial charge in [-0.05, 0) is 43.7 Å². The van der Waals surface area contributed by atoms with Crippen LogP contribution in [0.25, 0.3) is 0 Å². The lowest BCUT2D eigenvalue weighted by molar-refractivity contribution is -0.131. The number of pyridine rings is 1. The van der Waals surface area contributed by atoms with Crippen molar-refractivity contribution < 1.29 is 4.79 Å². The van der Waals surface area contributed by atoms with E-state index in [1.165, 1.54) is 11.3 Å². The molecule has 2 aromatic rings. The van der Waals surface area contributed by atoms with Crippen LogP contribution in [0.1, 0.15) is 18.9 Å². The minimum atomic E-state index is 0.247. The number of nitrogens with zero attached hydrogens (tertiary/aromatic N) is 4. The molecule has 5 heteroatoms. The largest absolute Gasteiger partial charge is 0.371 e. The van der Waals surface area contributed by atoms with Gasteiger partial charge in [-0.25, -0.2) is 4.98 Å². The molecule has 5 nitrogen and oxygen atoms in total. The summed E-state index contributed by atoms with van der Waals surface area (Å²) in [6.45, 7) is 9.14. The van der Waals surface area contributed by atoms with E-state index in [0.717, 1.165) is 45.1 Å². The summed E-state index contributed by atoms with van der Waals surface area (Å²) in [4.78, 5) is 23.5. The lowest BCUT2D eigenvalue weighted by atomic mass is 10.2. The summed E-state index contributed by atoms with van der Waals surface area (Å²) in [6.07, 6.45) is 2.38. The molecule has 26 heavy (non-hydrogen) atoms. The molecule has 1 aromatic heterocycles. The average molecular weight is 352 g/mol. The van der Waals surface area contributed by atoms with E-state index in [1.807, 2.05) is 29.3 Å². The van der Waals surface area contributed by atoms with Crippen LogP contribution in [0, 0.1) is 6.92 Å². The zero-order chi connectivity index (χ0) is 18.4. The summed E-state index contributed by atoms with van der Waals surface area (Å²) in [6, 6.07) is 14.4. The van der Waals surface area contributed by atoms with Crippen LogP contribution in [0.3, 0.4) is 0 Å². The molecule has 1 saturated heterocycles. The molecule has 0 unspecified atom stereocenters. The topological polar surface area (TPSA) is 39.7 Å². The van der Waals surface area contributed by atoms with Crippen LogP contribution in [0.2, 0.25) is 0 Å². The monoisotopic (exact) mass is 352 g/mol. The Morgan fingerprint density at radius 2 is 1.92 bits per heavy atom. The average Bonchev–Trinajstić information content (AvgIpc) is 2.69. The SMILES string of the molecule is CCN(CCC(=O)N1CCN(c2ccccn2)CC1)c1cccc(C)c1. The lowest BCUT2D eigenvalue weighted by Gasteiger charge is -2.36. The second kappa shape index (κ2) is 8.70. The summed E-state index contributed by atoms with van der Waals surface area (Å²) >= 11 is 0. The van der Waals surface area contributed by atoms with Crippen molar-refractivity contribution in [3.63, 3.8) is 0 Å². The molecule has 0 bridgehead atoms. The first-order valence-corrected chi connectivity index (χ1v) is 9.42. The third-order valence-corrected chi connectivity index (χ3v) is 4.95. The summed E-state index contributed by atoms with van der Waals surface area (Å²) in [5.41, 5.74) is 2.44. The van der Waals surface area contributed by atoms with Crippen molar-refractivity contribution in [3.05, 3.63) is 54.2 Å². The Hall–Kier alpha value is -2.56. The number of carbonyl (C=O) groups excluding carboxylic acids is 1. The van der Waals surface area contributed by atoms with Crippen molar-refractivity contribution in [1.29, 1.82) is 0 Å². The van der Waals surface area contributed by atoms with E-state index in [4.69, 9.17) is 0 Å². The maximum Gasteiger partial charge on any atom is 0.224 e. The molecule has 1 amide bonds. The highest BCUT2D eigenvalue weighted by molar-refractivity contribution is 5.77. The molecule has 1 aliphatic rings. The summed E-state index contributed by atoms with van der Waals surface area (Å²) in [5, 5.41) is 0. The molecule has 3 rings (SSSR count). The Morgan fingerprint density at radius 1 is 1.12 bits per heavy atom. The Labute approximate surface area is 156 Å². The molecule has 0 saturated carbocycles. The molecule has 1 aliphatic heterocycles. The highest BCUT2D eigenvalue weighted by Gasteiger charge is 2.22. The fraction of sp³-hybridized carbons (Fsp3) is 0.429. The van der Waals surface area contributed by atoms with E-state index in [0.29, 0.717) is 6.42 Å². The molecule has 0 spiro atoms. The first-order chi connectivity index (χ1) is 12.7. The summed E-state index contributed by atoms with van der Waals surface area (Å²) in [7, 11) is 0. The third-order valence-electron chi connectivity index (χ3n) is 4.95. The van der Waals surface area contributed by atoms with Gasteiger partial charge in [-0.15, -0.1) is 0 Å². The van der Waals surface area contributed by atoms with E-state index in [-0.39, 0.29) is 5.91 Å². The van der Waals surface area contributed by atoms with E-state index < -0.39 is 0 Å². The maximum absolute atomic E-state index is 12.6. The van der Waals surface area contributed by atoms with Gasteiger partial charge in [0.05, 0.1) is 0 Å². The van der Waals surface area contributed by atoms with Gasteiger partial charge in [-0.3, -0.25) is 4.79 Å². The number of anilines is 2. The molecule has 0 radical (unpaired) electrons. The zero-order valence-corrected chi connectivity index (χ0v) is 15.8. The summed E-state index contributed by atoms with van der Waals surface area (Å²) in [5.74, 6) is 1.24. The lowest BCUT2D eigenvalue weighted by Crippen LogP contribution is -2.49. The van der Waals surface area contributed by atoms with E-state index in [9.17, 15) is 4.79 Å². The summed E-state index contributed by atoms with van der Waals surface area (Å²) < 4.78 is 0. The predicted molar refractivity (Wildman–Crippen MR) is 107 cm³/mol. The molecule has 0 N–H and O–H groups in total. The number of aryl methyl sites for hydroxylation is 1. The minimum absolute atomic E-state index is 0.247. The van der Waals surface area contributed by atoms with Gasteiger partial charge in [-0.2, -0.15) is 0 Å². The molecule has 2 heterocycles. The predicted octanol–water partition coefficient (Wildman–Crippen LogP) is 2.96. The van der Waals surface area contributed by atoms with Gasteiger partial charge in [0, 0.05) is 57.6 Å². The zero-order valence-electron chi connectivity index (χ0n) is 15.8. The normalized spacial score (nSPS) is 14.4. The fourth-order valence-corrected chi connectivity index (χ4v) is 3.41. The smallest absolute Gasteiger partial charge is 0.224 e. The van der Waals surface area contributed by atoms with Gasteiger partial charge in [0.25, 0.3) is 0 Å². The van der Waals surface area contributed by atoms with Crippen molar-refractivity contribution >= 4 is 17.4 Å². The highest BCUT2D eigenvalue weighted by Crippen LogP contribution is 2.17. The molecule has 0 atom stereocenters. The molecule has 0 aliphatic carbocycles. The van der Waals surface area contributed by atoms with Gasteiger partial charge in [-0.1, -0.05) is 18.2 Å². The van der Waals surface area contributed by atoms with Crippen LogP contribution in [0.5, 0.6) is 0 Å². The maximum atomic E-state index is 12.6. The Bertz CT molecular complexity index is 711. The Kier molecular flexibility index (Phi) is 6.10. The second-order valence-corrected chi connectivity index (χ2v) is 6.72. The van der Waals surface area contributed by atoms with Crippen molar-refractivity contribution in [2.45, 2.75) is 20.3 Å². The molecule has 1 aromatic carbocycles. The van der Waals surface area contributed by atoms with Crippen molar-refractivity contribution in [1.82, 2.24) is 9.88 Å². The fourth-order valence-electron chi connectivity index (χ4n) is 3.41. The number of hydrogen-bond acceptors (Lipinski definition) is 4. The Morgan fingerprint density at radius 3 is 2.58 bits per heavy atom. The number of rotatable bonds is 6. The van der Waals surface area contributed by atoms with Crippen molar-refractivity contribution in [2.75, 3.05) is 49.1 Å². The minimum Gasteiger partial charge on any atom is -0.371 e. The van der Waals surface area contributed by atoms with Gasteiger partial charge >= 0.3 is 0 Å². The highest BCUT2D eigenvalue weighted by atomic mass is 16.2. The number of piperazine rings is 1. The van der Waals surface area contributed by atoms with Crippen LogP contribution in [-0.2, 0) is 4.79 Å². The molecular formula is C21H28N4O. The number of benzene rings is 1. The van der Waals surface area contributed by atoms with E-state index >= 15 is 0 Å². The van der Waals surface area contributed by atoms with Gasteiger partial charge < -0.3 is 14.7 Å². The molecule has 138 valence electrons. The standard InChI is InChI=1S/C21H28N4O/c1-3-23(19-8-6-7-18(2)17-19)12-10-21(26)25-15-13-24(14-16-25)20-9-4-5-11-22-20/h4-9,11,17H,3,10,12-16H2,1-2H3. The van der Waals surface area contributed by atoms with Gasteiger partial charge in [0.15, 0.2) is 0 Å². The second-order valence-electron chi connectivity index (χ2n) is 6.72.